The number of nitrogens with two attached hydrogens (primary N) is 1. The molecule has 0 spiro atoms. The van der Waals surface area contributed by atoms with Gasteiger partial charge in [0.15, 0.2) is 0 Å². The molecule has 3 N–H and O–H groups in total. The molecular formula is C13H12FN3O. The fraction of sp³-hybridized carbons (Fsp3) is 0.0769. The van der Waals surface area contributed by atoms with E-state index < -0.39 is 5.82 Å². The number of amides is 1. The number of hydrogen-bond donors (Lipinski definition) is 2. The first-order valence-electron chi connectivity index (χ1n) is 5.35. The summed E-state index contributed by atoms with van der Waals surface area (Å²) in [6.07, 6.45) is 1.46. The Balaban J connectivity index is 2.21. The van der Waals surface area contributed by atoms with Gasteiger partial charge in [0.1, 0.15) is 5.82 Å². The van der Waals surface area contributed by atoms with Crippen molar-refractivity contribution >= 4 is 17.3 Å². The van der Waals surface area contributed by atoms with Crippen molar-refractivity contribution in [3.05, 3.63) is 53.6 Å². The maximum absolute atomic E-state index is 13.0. The first kappa shape index (κ1) is 12.0. The summed E-state index contributed by atoms with van der Waals surface area (Å²) in [6.45, 7) is 1.83. The molecule has 0 fully saturated rings. The maximum Gasteiger partial charge on any atom is 0.257 e. The Morgan fingerprint density at radius 2 is 2.11 bits per heavy atom. The van der Waals surface area contributed by atoms with Gasteiger partial charge in [-0.25, -0.2) is 4.39 Å². The third-order valence-corrected chi connectivity index (χ3v) is 2.44. The topological polar surface area (TPSA) is 68.0 Å². The Labute approximate surface area is 104 Å². The van der Waals surface area contributed by atoms with Crippen molar-refractivity contribution in [2.45, 2.75) is 6.92 Å². The van der Waals surface area contributed by atoms with E-state index in [0.717, 1.165) is 5.69 Å². The Bertz CT molecular complexity index is 581. The van der Waals surface area contributed by atoms with E-state index in [-0.39, 0.29) is 11.6 Å². The van der Waals surface area contributed by atoms with Gasteiger partial charge in [-0.15, -0.1) is 0 Å². The number of nitrogens with one attached hydrogen (secondary N) is 1. The molecule has 1 aromatic carbocycles. The van der Waals surface area contributed by atoms with Crippen molar-refractivity contribution in [3.63, 3.8) is 0 Å². The third kappa shape index (κ3) is 2.63. The van der Waals surface area contributed by atoms with Crippen LogP contribution >= 0.6 is 0 Å². The van der Waals surface area contributed by atoms with Crippen molar-refractivity contribution in [1.82, 2.24) is 4.98 Å². The number of aromatic nitrogens is 1. The van der Waals surface area contributed by atoms with Crippen LogP contribution in [0.1, 0.15) is 16.1 Å². The number of hydrogen-bond acceptors (Lipinski definition) is 3. The molecular weight excluding hydrogens is 233 g/mol. The molecule has 4 nitrogen and oxygen atoms in total. The highest BCUT2D eigenvalue weighted by Gasteiger charge is 2.09. The molecule has 0 aliphatic carbocycles. The van der Waals surface area contributed by atoms with Gasteiger partial charge in [-0.05, 0) is 37.3 Å². The van der Waals surface area contributed by atoms with E-state index in [1.165, 1.54) is 24.4 Å². The fourth-order valence-electron chi connectivity index (χ4n) is 1.43. The van der Waals surface area contributed by atoms with Crippen molar-refractivity contribution in [3.8, 4) is 0 Å². The molecule has 0 saturated carbocycles. The lowest BCUT2D eigenvalue weighted by Crippen LogP contribution is -2.13. The quantitative estimate of drug-likeness (QED) is 0.798. The predicted molar refractivity (Wildman–Crippen MR) is 67.7 cm³/mol. The van der Waals surface area contributed by atoms with Gasteiger partial charge in [0, 0.05) is 11.9 Å². The number of benzene rings is 1. The Morgan fingerprint density at radius 3 is 2.78 bits per heavy atom. The summed E-state index contributed by atoms with van der Waals surface area (Å²) >= 11 is 0. The number of halogens is 1. The second-order valence-electron chi connectivity index (χ2n) is 3.87. The number of nitrogens with zero attached hydrogens (tertiary/aromatic N) is 1. The van der Waals surface area contributed by atoms with Crippen LogP contribution in [0.5, 0.6) is 0 Å². The second-order valence-corrected chi connectivity index (χ2v) is 3.87. The molecule has 0 aliphatic rings. The SMILES string of the molecule is Cc1ccc(C(=O)Nc2cc(F)ccc2N)cn1. The lowest BCUT2D eigenvalue weighted by molar-refractivity contribution is 0.102. The minimum atomic E-state index is -0.457. The minimum absolute atomic E-state index is 0.251. The standard InChI is InChI=1S/C13H12FN3O/c1-8-2-3-9(7-16-8)13(18)17-12-6-10(14)4-5-11(12)15/h2-7H,15H2,1H3,(H,17,18). The fourth-order valence-corrected chi connectivity index (χ4v) is 1.43. The molecule has 0 unspecified atom stereocenters. The van der Waals surface area contributed by atoms with Crippen LogP contribution in [0.15, 0.2) is 36.5 Å². The van der Waals surface area contributed by atoms with Crippen LogP contribution in [0.3, 0.4) is 0 Å². The zero-order chi connectivity index (χ0) is 13.1. The normalized spacial score (nSPS) is 10.1. The Hall–Kier alpha value is -2.43. The molecule has 0 saturated heterocycles. The van der Waals surface area contributed by atoms with E-state index in [4.69, 9.17) is 5.73 Å². The summed E-state index contributed by atoms with van der Waals surface area (Å²) in [7, 11) is 0. The van der Waals surface area contributed by atoms with Crippen molar-refractivity contribution in [2.75, 3.05) is 11.1 Å². The van der Waals surface area contributed by atoms with E-state index in [9.17, 15) is 9.18 Å². The largest absolute Gasteiger partial charge is 0.397 e. The molecule has 0 radical (unpaired) electrons. The van der Waals surface area contributed by atoms with Crippen LogP contribution in [-0.4, -0.2) is 10.9 Å². The lowest BCUT2D eigenvalue weighted by atomic mass is 10.2. The van der Waals surface area contributed by atoms with E-state index in [0.29, 0.717) is 11.3 Å². The molecule has 1 heterocycles. The second kappa shape index (κ2) is 4.83. The highest BCUT2D eigenvalue weighted by atomic mass is 19.1. The van der Waals surface area contributed by atoms with Crippen molar-refractivity contribution in [2.24, 2.45) is 0 Å². The van der Waals surface area contributed by atoms with Gasteiger partial charge in [-0.3, -0.25) is 9.78 Å². The first-order chi connectivity index (χ1) is 8.56. The average Bonchev–Trinajstić information content (AvgIpc) is 2.34. The first-order valence-corrected chi connectivity index (χ1v) is 5.35. The molecule has 2 rings (SSSR count). The summed E-state index contributed by atoms with van der Waals surface area (Å²) < 4.78 is 13.0. The van der Waals surface area contributed by atoms with Crippen molar-refractivity contribution in [1.29, 1.82) is 0 Å². The summed E-state index contributed by atoms with van der Waals surface area (Å²) in [5, 5.41) is 2.54. The summed E-state index contributed by atoms with van der Waals surface area (Å²) in [5.74, 6) is -0.832. The van der Waals surface area contributed by atoms with E-state index in [2.05, 4.69) is 10.3 Å². The van der Waals surface area contributed by atoms with Crippen LogP contribution < -0.4 is 11.1 Å². The summed E-state index contributed by atoms with van der Waals surface area (Å²) in [6, 6.07) is 7.18. The van der Waals surface area contributed by atoms with Crippen LogP contribution in [0, 0.1) is 12.7 Å². The molecule has 1 aromatic heterocycles. The molecule has 0 bridgehead atoms. The molecule has 5 heteroatoms. The number of pyridine rings is 1. The number of anilines is 2. The number of nitrogen functional groups attached to an aromatic ring is 1. The van der Waals surface area contributed by atoms with E-state index in [1.54, 1.807) is 12.1 Å². The number of carbonyl (C=O) groups excluding carboxylic acids is 1. The Kier molecular flexibility index (Phi) is 3.23. The number of rotatable bonds is 2. The monoisotopic (exact) mass is 245 g/mol. The molecule has 2 aromatic rings. The van der Waals surface area contributed by atoms with Gasteiger partial charge in [-0.2, -0.15) is 0 Å². The molecule has 92 valence electrons. The summed E-state index contributed by atoms with van der Waals surface area (Å²) in [5.41, 5.74) is 7.41. The number of carbonyl (C=O) groups is 1. The van der Waals surface area contributed by atoms with Crippen LogP contribution in [0.2, 0.25) is 0 Å². The average molecular weight is 245 g/mol. The maximum atomic E-state index is 13.0. The highest BCUT2D eigenvalue weighted by molar-refractivity contribution is 6.05. The van der Waals surface area contributed by atoms with Gasteiger partial charge in [0.25, 0.3) is 5.91 Å². The zero-order valence-corrected chi connectivity index (χ0v) is 9.77. The third-order valence-electron chi connectivity index (χ3n) is 2.44. The minimum Gasteiger partial charge on any atom is -0.397 e. The van der Waals surface area contributed by atoms with Gasteiger partial charge < -0.3 is 11.1 Å². The number of aryl methyl sites for hydroxylation is 1. The molecule has 0 atom stereocenters. The highest BCUT2D eigenvalue weighted by Crippen LogP contribution is 2.19. The molecule has 18 heavy (non-hydrogen) atoms. The lowest BCUT2D eigenvalue weighted by Gasteiger charge is -2.08. The van der Waals surface area contributed by atoms with E-state index >= 15 is 0 Å². The van der Waals surface area contributed by atoms with E-state index in [1.807, 2.05) is 6.92 Å². The van der Waals surface area contributed by atoms with Gasteiger partial charge >= 0.3 is 0 Å². The van der Waals surface area contributed by atoms with Crippen LogP contribution in [0.25, 0.3) is 0 Å². The molecule has 0 aliphatic heterocycles. The Morgan fingerprint density at radius 1 is 1.33 bits per heavy atom. The van der Waals surface area contributed by atoms with Gasteiger partial charge in [-0.1, -0.05) is 0 Å². The smallest absolute Gasteiger partial charge is 0.257 e. The molecule has 1 amide bonds. The van der Waals surface area contributed by atoms with Crippen LogP contribution in [0.4, 0.5) is 15.8 Å². The van der Waals surface area contributed by atoms with Gasteiger partial charge in [0.05, 0.1) is 16.9 Å². The van der Waals surface area contributed by atoms with Gasteiger partial charge in [0.2, 0.25) is 0 Å². The van der Waals surface area contributed by atoms with Crippen LogP contribution in [-0.2, 0) is 0 Å². The zero-order valence-electron chi connectivity index (χ0n) is 9.77. The predicted octanol–water partition coefficient (Wildman–Crippen LogP) is 2.36. The summed E-state index contributed by atoms with van der Waals surface area (Å²) in [4.78, 5) is 15.9. The van der Waals surface area contributed by atoms with Crippen molar-refractivity contribution < 1.29 is 9.18 Å².